The second-order valence-electron chi connectivity index (χ2n) is 5.34. The number of methoxy groups -OCH3 is 1. The van der Waals surface area contributed by atoms with E-state index in [1.165, 1.54) is 18.4 Å². The van der Waals surface area contributed by atoms with E-state index in [1.54, 1.807) is 0 Å². The molecule has 2 saturated heterocycles. The van der Waals surface area contributed by atoms with Gasteiger partial charge in [0.2, 0.25) is 11.8 Å². The monoisotopic (exact) mass is 369 g/mol. The van der Waals surface area contributed by atoms with Crippen LogP contribution in [0.2, 0.25) is 0 Å². The Kier molecular flexibility index (Phi) is 4.61. The summed E-state index contributed by atoms with van der Waals surface area (Å²) in [5.41, 5.74) is -0.930. The molecule has 0 aliphatic carbocycles. The van der Waals surface area contributed by atoms with E-state index in [2.05, 4.69) is 5.32 Å². The third kappa shape index (κ3) is 2.80. The Morgan fingerprint density at radius 2 is 2.25 bits per heavy atom. The first-order chi connectivity index (χ1) is 11.4. The minimum Gasteiger partial charge on any atom is -0.479 e. The molecule has 2 amide bonds. The fraction of sp³-hybridized carbons (Fsp3) is 0.429. The number of carboxylic acid groups (broad SMARTS) is 1. The smallest absolute Gasteiger partial charge is 0.332 e. The lowest BCUT2D eigenvalue weighted by atomic mass is 9.99. The Morgan fingerprint density at radius 3 is 2.83 bits per heavy atom. The minimum absolute atomic E-state index is 0.171. The SMILES string of the molecule is COC1S[C@H]2[C@H](NC(=O)Cc3cccs3)C(=O)N2C(C(=O)O)C1=N. The Labute approximate surface area is 145 Å². The van der Waals surface area contributed by atoms with Gasteiger partial charge < -0.3 is 25.5 Å². The molecule has 3 N–H and O–H groups in total. The molecular weight excluding hydrogens is 354 g/mol. The van der Waals surface area contributed by atoms with Gasteiger partial charge in [0, 0.05) is 12.0 Å². The van der Waals surface area contributed by atoms with E-state index >= 15 is 0 Å². The van der Waals surface area contributed by atoms with Crippen LogP contribution in [0.25, 0.3) is 0 Å². The molecule has 2 unspecified atom stereocenters. The molecule has 0 radical (unpaired) electrons. The van der Waals surface area contributed by atoms with E-state index in [0.29, 0.717) is 0 Å². The maximum atomic E-state index is 12.3. The van der Waals surface area contributed by atoms with Gasteiger partial charge in [-0.3, -0.25) is 9.59 Å². The molecule has 10 heteroatoms. The number of carbonyl (C=O) groups excluding carboxylic acids is 2. The topological polar surface area (TPSA) is 120 Å². The van der Waals surface area contributed by atoms with E-state index in [0.717, 1.165) is 21.5 Å². The van der Waals surface area contributed by atoms with E-state index in [9.17, 15) is 19.5 Å². The lowest BCUT2D eigenvalue weighted by Crippen LogP contribution is -2.77. The van der Waals surface area contributed by atoms with Crippen molar-refractivity contribution < 1.29 is 24.2 Å². The van der Waals surface area contributed by atoms with Gasteiger partial charge in [-0.05, 0) is 11.4 Å². The molecule has 4 atom stereocenters. The van der Waals surface area contributed by atoms with Crippen LogP contribution in [0.3, 0.4) is 0 Å². The third-order valence-electron chi connectivity index (χ3n) is 3.85. The number of amides is 2. The number of thiophene rings is 1. The standard InChI is InChI=1S/C14H15N3O5S2/c1-22-14-8(15)10(13(20)21)17-11(19)9(12(17)24-14)16-7(18)5-6-3-2-4-23-6/h2-4,9-10,12,14-15H,5H2,1H3,(H,16,18)(H,20,21)/t9-,10?,12+,14?/m1/s1. The number of fused-ring (bicyclic) bond motifs is 1. The van der Waals surface area contributed by atoms with Crippen LogP contribution in [0.5, 0.6) is 0 Å². The zero-order chi connectivity index (χ0) is 17.4. The highest BCUT2D eigenvalue weighted by Gasteiger charge is 2.59. The van der Waals surface area contributed by atoms with Crippen molar-refractivity contribution >= 4 is 46.6 Å². The van der Waals surface area contributed by atoms with Crippen molar-refractivity contribution in [3.8, 4) is 0 Å². The van der Waals surface area contributed by atoms with Crippen LogP contribution in [0.15, 0.2) is 17.5 Å². The number of hydrogen-bond donors (Lipinski definition) is 3. The van der Waals surface area contributed by atoms with Crippen LogP contribution in [-0.2, 0) is 25.5 Å². The average Bonchev–Trinajstić information content (AvgIpc) is 3.04. The number of rotatable bonds is 5. The van der Waals surface area contributed by atoms with Crippen molar-refractivity contribution in [2.75, 3.05) is 7.11 Å². The predicted molar refractivity (Wildman–Crippen MR) is 88.1 cm³/mol. The highest BCUT2D eigenvalue weighted by molar-refractivity contribution is 8.01. The second-order valence-corrected chi connectivity index (χ2v) is 7.55. The Bertz CT molecular complexity index is 693. The van der Waals surface area contributed by atoms with Gasteiger partial charge in [0.1, 0.15) is 16.9 Å². The molecule has 8 nitrogen and oxygen atoms in total. The number of β-lactam (4-membered cyclic amide) rings is 1. The summed E-state index contributed by atoms with van der Waals surface area (Å²) in [7, 11) is 1.38. The zero-order valence-electron chi connectivity index (χ0n) is 12.6. The number of hydrogen-bond acceptors (Lipinski definition) is 7. The number of thioether (sulfide) groups is 1. The molecule has 0 aromatic carbocycles. The van der Waals surface area contributed by atoms with E-state index in [-0.39, 0.29) is 18.0 Å². The molecule has 3 rings (SSSR count). The number of carboxylic acids is 1. The van der Waals surface area contributed by atoms with Crippen LogP contribution >= 0.6 is 23.1 Å². The van der Waals surface area contributed by atoms with Crippen LogP contribution in [0.1, 0.15) is 4.88 Å². The van der Waals surface area contributed by atoms with E-state index < -0.39 is 34.8 Å². The maximum absolute atomic E-state index is 12.3. The summed E-state index contributed by atoms with van der Waals surface area (Å²) in [6, 6.07) is 1.53. The summed E-state index contributed by atoms with van der Waals surface area (Å²) in [6.45, 7) is 0. The van der Waals surface area contributed by atoms with Gasteiger partial charge in [0.25, 0.3) is 0 Å². The molecule has 1 aromatic heterocycles. The summed E-state index contributed by atoms with van der Waals surface area (Å²) >= 11 is 2.60. The van der Waals surface area contributed by atoms with Crippen molar-refractivity contribution in [1.29, 1.82) is 5.41 Å². The summed E-state index contributed by atoms with van der Waals surface area (Å²) in [6.07, 6.45) is 0.171. The summed E-state index contributed by atoms with van der Waals surface area (Å²) in [4.78, 5) is 37.8. The lowest BCUT2D eigenvalue weighted by Gasteiger charge is -2.53. The van der Waals surface area contributed by atoms with Crippen molar-refractivity contribution in [3.63, 3.8) is 0 Å². The molecule has 24 heavy (non-hydrogen) atoms. The van der Waals surface area contributed by atoms with Crippen molar-refractivity contribution in [2.45, 2.75) is 29.3 Å². The van der Waals surface area contributed by atoms with Gasteiger partial charge >= 0.3 is 5.97 Å². The van der Waals surface area contributed by atoms with Gasteiger partial charge in [0.15, 0.2) is 6.04 Å². The number of carbonyl (C=O) groups is 3. The normalized spacial score (nSPS) is 29.0. The molecule has 0 spiro atoms. The van der Waals surface area contributed by atoms with Crippen molar-refractivity contribution in [3.05, 3.63) is 22.4 Å². The molecule has 2 fully saturated rings. The fourth-order valence-electron chi connectivity index (χ4n) is 2.75. The summed E-state index contributed by atoms with van der Waals surface area (Å²) in [5, 5.41) is 21.2. The fourth-order valence-corrected chi connectivity index (χ4v) is 4.79. The first-order valence-electron chi connectivity index (χ1n) is 7.07. The largest absolute Gasteiger partial charge is 0.479 e. The number of nitrogens with zero attached hydrogens (tertiary/aromatic N) is 1. The molecule has 1 aromatic rings. The number of nitrogens with one attached hydrogen (secondary N) is 2. The van der Waals surface area contributed by atoms with Crippen LogP contribution in [0, 0.1) is 5.41 Å². The third-order valence-corrected chi connectivity index (χ3v) is 6.20. The molecule has 3 heterocycles. The van der Waals surface area contributed by atoms with Gasteiger partial charge in [-0.25, -0.2) is 4.79 Å². The van der Waals surface area contributed by atoms with Gasteiger partial charge in [-0.1, -0.05) is 17.8 Å². The minimum atomic E-state index is -1.35. The van der Waals surface area contributed by atoms with Gasteiger partial charge in [-0.15, -0.1) is 11.3 Å². The molecule has 2 aliphatic heterocycles. The average molecular weight is 369 g/mol. The number of aliphatic carboxylic acids is 1. The molecule has 0 saturated carbocycles. The molecular formula is C14H15N3O5S2. The Hall–Kier alpha value is -1.91. The summed E-state index contributed by atoms with van der Waals surface area (Å²) in [5.74, 6) is -2.06. The molecule has 0 bridgehead atoms. The highest BCUT2D eigenvalue weighted by Crippen LogP contribution is 2.40. The zero-order valence-corrected chi connectivity index (χ0v) is 14.2. The summed E-state index contributed by atoms with van der Waals surface area (Å²) < 4.78 is 5.14. The maximum Gasteiger partial charge on any atom is 0.332 e. The van der Waals surface area contributed by atoms with E-state index in [1.807, 2.05) is 17.5 Å². The first kappa shape index (κ1) is 16.9. The highest BCUT2D eigenvalue weighted by atomic mass is 32.2. The lowest BCUT2D eigenvalue weighted by molar-refractivity contribution is -0.159. The Balaban J connectivity index is 1.71. The van der Waals surface area contributed by atoms with Crippen molar-refractivity contribution in [1.82, 2.24) is 10.2 Å². The molecule has 2 aliphatic rings. The van der Waals surface area contributed by atoms with Crippen LogP contribution < -0.4 is 5.32 Å². The van der Waals surface area contributed by atoms with Crippen LogP contribution in [0.4, 0.5) is 0 Å². The van der Waals surface area contributed by atoms with Gasteiger partial charge in [0.05, 0.1) is 12.1 Å². The second kappa shape index (κ2) is 6.54. The first-order valence-corrected chi connectivity index (χ1v) is 8.89. The Morgan fingerprint density at radius 1 is 1.50 bits per heavy atom. The quantitative estimate of drug-likeness (QED) is 0.635. The van der Waals surface area contributed by atoms with Crippen LogP contribution in [-0.4, -0.2) is 63.5 Å². The van der Waals surface area contributed by atoms with E-state index in [4.69, 9.17) is 10.1 Å². The molecule has 128 valence electrons. The van der Waals surface area contributed by atoms with Gasteiger partial charge in [-0.2, -0.15) is 0 Å². The van der Waals surface area contributed by atoms with Crippen molar-refractivity contribution in [2.24, 2.45) is 0 Å². The predicted octanol–water partition coefficient (Wildman–Crippen LogP) is 0.136. The number of ether oxygens (including phenoxy) is 1.